The summed E-state index contributed by atoms with van der Waals surface area (Å²) in [6.07, 6.45) is -1.25. The molecule has 5 nitrogen and oxygen atoms in total. The SMILES string of the molecule is COc1ccc(Cl)cc1CC(=O)O[C@@H](C)C(=O)Nc1ccc(Cl)cc1F. The summed E-state index contributed by atoms with van der Waals surface area (Å²) in [5.41, 5.74) is 0.472. The molecular weight excluding hydrogens is 384 g/mol. The maximum atomic E-state index is 13.7. The number of nitrogens with one attached hydrogen (secondary N) is 1. The molecule has 0 aliphatic heterocycles. The normalized spacial score (nSPS) is 11.6. The van der Waals surface area contributed by atoms with Gasteiger partial charge in [0.15, 0.2) is 6.10 Å². The van der Waals surface area contributed by atoms with Crippen molar-refractivity contribution in [2.24, 2.45) is 0 Å². The van der Waals surface area contributed by atoms with Gasteiger partial charge in [0.1, 0.15) is 11.6 Å². The molecule has 2 rings (SSSR count). The van der Waals surface area contributed by atoms with E-state index in [1.807, 2.05) is 0 Å². The van der Waals surface area contributed by atoms with E-state index in [9.17, 15) is 14.0 Å². The lowest BCUT2D eigenvalue weighted by atomic mass is 10.1. The van der Waals surface area contributed by atoms with Crippen molar-refractivity contribution in [3.8, 4) is 5.75 Å². The average molecular weight is 400 g/mol. The Labute approximate surface area is 160 Å². The first-order chi connectivity index (χ1) is 12.3. The van der Waals surface area contributed by atoms with Crippen LogP contribution in [0.3, 0.4) is 0 Å². The third-order valence-corrected chi connectivity index (χ3v) is 3.91. The van der Waals surface area contributed by atoms with Crippen molar-refractivity contribution in [2.45, 2.75) is 19.4 Å². The molecule has 2 aromatic rings. The van der Waals surface area contributed by atoms with Crippen LogP contribution >= 0.6 is 23.2 Å². The molecule has 1 N–H and O–H groups in total. The summed E-state index contributed by atoms with van der Waals surface area (Å²) < 4.78 is 24.0. The molecule has 0 saturated heterocycles. The first-order valence-electron chi connectivity index (χ1n) is 7.58. The van der Waals surface area contributed by atoms with Gasteiger partial charge in [0.2, 0.25) is 0 Å². The number of halogens is 3. The minimum Gasteiger partial charge on any atom is -0.496 e. The molecule has 1 atom stereocenters. The maximum Gasteiger partial charge on any atom is 0.311 e. The van der Waals surface area contributed by atoms with E-state index in [0.717, 1.165) is 6.07 Å². The maximum absolute atomic E-state index is 13.7. The molecule has 26 heavy (non-hydrogen) atoms. The zero-order chi connectivity index (χ0) is 19.3. The number of anilines is 1. The van der Waals surface area contributed by atoms with Crippen molar-refractivity contribution in [3.05, 3.63) is 57.8 Å². The molecule has 0 aliphatic rings. The summed E-state index contributed by atoms with van der Waals surface area (Å²) in [4.78, 5) is 24.2. The lowest BCUT2D eigenvalue weighted by Gasteiger charge is -2.15. The van der Waals surface area contributed by atoms with Gasteiger partial charge in [-0.3, -0.25) is 9.59 Å². The van der Waals surface area contributed by atoms with Crippen molar-refractivity contribution < 1.29 is 23.5 Å². The van der Waals surface area contributed by atoms with Crippen LogP contribution in [0.2, 0.25) is 10.0 Å². The summed E-state index contributed by atoms with van der Waals surface area (Å²) in [5, 5.41) is 2.99. The second-order valence-corrected chi connectivity index (χ2v) is 6.25. The average Bonchev–Trinajstić information content (AvgIpc) is 2.57. The van der Waals surface area contributed by atoms with Gasteiger partial charge in [-0.05, 0) is 43.3 Å². The van der Waals surface area contributed by atoms with Gasteiger partial charge in [0, 0.05) is 15.6 Å². The Bertz CT molecular complexity index is 829. The molecule has 0 bridgehead atoms. The van der Waals surface area contributed by atoms with E-state index in [1.165, 1.54) is 26.2 Å². The topological polar surface area (TPSA) is 64.6 Å². The van der Waals surface area contributed by atoms with Gasteiger partial charge in [-0.2, -0.15) is 0 Å². The molecule has 0 heterocycles. The smallest absolute Gasteiger partial charge is 0.311 e. The fourth-order valence-corrected chi connectivity index (χ4v) is 2.51. The number of ether oxygens (including phenoxy) is 2. The van der Waals surface area contributed by atoms with Crippen molar-refractivity contribution >= 4 is 40.8 Å². The number of methoxy groups -OCH3 is 1. The summed E-state index contributed by atoms with van der Waals surface area (Å²) in [5.74, 6) is -1.53. The monoisotopic (exact) mass is 399 g/mol. The first-order valence-corrected chi connectivity index (χ1v) is 8.33. The molecule has 0 unspecified atom stereocenters. The van der Waals surface area contributed by atoms with Crippen LogP contribution in [0.15, 0.2) is 36.4 Å². The number of hydrogen-bond acceptors (Lipinski definition) is 4. The Balaban J connectivity index is 1.98. The van der Waals surface area contributed by atoms with Crippen LogP contribution in [0.5, 0.6) is 5.75 Å². The summed E-state index contributed by atoms with van der Waals surface area (Å²) in [7, 11) is 1.47. The fourth-order valence-electron chi connectivity index (χ4n) is 2.16. The van der Waals surface area contributed by atoms with Gasteiger partial charge >= 0.3 is 5.97 Å². The lowest BCUT2D eigenvalue weighted by Crippen LogP contribution is -2.30. The minimum absolute atomic E-state index is 0.0567. The predicted octanol–water partition coefficient (Wildman–Crippen LogP) is 4.25. The Kier molecular flexibility index (Phi) is 6.83. The van der Waals surface area contributed by atoms with E-state index >= 15 is 0 Å². The Hall–Kier alpha value is -2.31. The van der Waals surface area contributed by atoms with Crippen molar-refractivity contribution in [1.29, 1.82) is 0 Å². The van der Waals surface area contributed by atoms with Gasteiger partial charge in [-0.25, -0.2) is 4.39 Å². The van der Waals surface area contributed by atoms with Crippen LogP contribution in [0.1, 0.15) is 12.5 Å². The first kappa shape index (κ1) is 20.0. The van der Waals surface area contributed by atoms with Crippen LogP contribution in [0, 0.1) is 5.82 Å². The molecule has 0 saturated carbocycles. The minimum atomic E-state index is -1.12. The summed E-state index contributed by atoms with van der Waals surface area (Å²) >= 11 is 11.6. The van der Waals surface area contributed by atoms with E-state index in [1.54, 1.807) is 18.2 Å². The van der Waals surface area contributed by atoms with Gasteiger partial charge < -0.3 is 14.8 Å². The molecule has 138 valence electrons. The Morgan fingerprint density at radius 1 is 1.15 bits per heavy atom. The highest BCUT2D eigenvalue weighted by Crippen LogP contribution is 2.23. The largest absolute Gasteiger partial charge is 0.496 e. The van der Waals surface area contributed by atoms with Crippen LogP contribution in [0.25, 0.3) is 0 Å². The Morgan fingerprint density at radius 3 is 2.46 bits per heavy atom. The van der Waals surface area contributed by atoms with Gasteiger partial charge in [-0.15, -0.1) is 0 Å². The molecular formula is C18H16Cl2FNO4. The Morgan fingerprint density at radius 2 is 1.81 bits per heavy atom. The van der Waals surface area contributed by atoms with Crippen LogP contribution in [-0.4, -0.2) is 25.1 Å². The zero-order valence-electron chi connectivity index (χ0n) is 14.0. The summed E-state index contributed by atoms with van der Waals surface area (Å²) in [6.45, 7) is 1.39. The highest BCUT2D eigenvalue weighted by molar-refractivity contribution is 6.31. The number of rotatable bonds is 6. The third-order valence-electron chi connectivity index (χ3n) is 3.44. The second-order valence-electron chi connectivity index (χ2n) is 5.38. The number of hydrogen-bond donors (Lipinski definition) is 1. The van der Waals surface area contributed by atoms with Crippen LogP contribution in [0.4, 0.5) is 10.1 Å². The molecule has 0 fully saturated rings. The molecule has 0 spiro atoms. The van der Waals surface area contributed by atoms with E-state index in [-0.39, 0.29) is 17.1 Å². The predicted molar refractivity (Wildman–Crippen MR) is 97.3 cm³/mol. The van der Waals surface area contributed by atoms with Crippen molar-refractivity contribution in [1.82, 2.24) is 0 Å². The third kappa shape index (κ3) is 5.34. The van der Waals surface area contributed by atoms with E-state index in [4.69, 9.17) is 32.7 Å². The van der Waals surface area contributed by atoms with E-state index in [0.29, 0.717) is 16.3 Å². The van der Waals surface area contributed by atoms with E-state index in [2.05, 4.69) is 5.32 Å². The molecule has 0 aromatic heterocycles. The molecule has 0 aliphatic carbocycles. The summed E-state index contributed by atoms with van der Waals surface area (Å²) in [6, 6.07) is 8.66. The molecule has 8 heteroatoms. The van der Waals surface area contributed by atoms with E-state index < -0.39 is 23.8 Å². The number of esters is 1. The van der Waals surface area contributed by atoms with Gasteiger partial charge in [0.25, 0.3) is 5.91 Å². The number of amides is 1. The number of carbonyl (C=O) groups is 2. The van der Waals surface area contributed by atoms with Crippen LogP contribution in [-0.2, 0) is 20.7 Å². The highest BCUT2D eigenvalue weighted by atomic mass is 35.5. The van der Waals surface area contributed by atoms with Crippen molar-refractivity contribution in [2.75, 3.05) is 12.4 Å². The standard InChI is InChI=1S/C18H16Cl2FNO4/c1-10(18(24)22-15-5-3-13(20)9-14(15)21)26-17(23)8-11-7-12(19)4-6-16(11)25-2/h3-7,9-10H,8H2,1-2H3,(H,22,24)/t10-/m0/s1. The van der Waals surface area contributed by atoms with Crippen LogP contribution < -0.4 is 10.1 Å². The fraction of sp³-hybridized carbons (Fsp3) is 0.222. The molecule has 1 amide bonds. The van der Waals surface area contributed by atoms with Crippen molar-refractivity contribution in [3.63, 3.8) is 0 Å². The highest BCUT2D eigenvalue weighted by Gasteiger charge is 2.20. The quantitative estimate of drug-likeness (QED) is 0.737. The molecule has 2 aromatic carbocycles. The zero-order valence-corrected chi connectivity index (χ0v) is 15.5. The van der Waals surface area contributed by atoms with Gasteiger partial charge in [0.05, 0.1) is 19.2 Å². The number of benzene rings is 2. The lowest BCUT2D eigenvalue weighted by molar-refractivity contribution is -0.152. The number of carbonyl (C=O) groups excluding carboxylic acids is 2. The van der Waals surface area contributed by atoms with Gasteiger partial charge in [-0.1, -0.05) is 23.2 Å². The molecule has 0 radical (unpaired) electrons. The second kappa shape index (κ2) is 8.87.